The van der Waals surface area contributed by atoms with Gasteiger partial charge in [-0.15, -0.1) is 0 Å². The Bertz CT molecular complexity index is 755. The number of nitrogens with zero attached hydrogens (tertiary/aromatic N) is 3. The molecule has 3 rings (SSSR count). The molecule has 19 heavy (non-hydrogen) atoms. The Balaban J connectivity index is 2.12. The summed E-state index contributed by atoms with van der Waals surface area (Å²) in [4.78, 5) is 4.12. The molecule has 0 radical (unpaired) electrons. The Kier molecular flexibility index (Phi) is 3.17. The van der Waals surface area contributed by atoms with Gasteiger partial charge in [0.1, 0.15) is 15.3 Å². The van der Waals surface area contributed by atoms with Crippen LogP contribution in [0.2, 0.25) is 0 Å². The van der Waals surface area contributed by atoms with Gasteiger partial charge in [0.15, 0.2) is 5.65 Å². The number of hydrogen-bond donors (Lipinski definition) is 0. The second-order valence-corrected chi connectivity index (χ2v) is 5.05. The van der Waals surface area contributed by atoms with Gasteiger partial charge in [-0.05, 0) is 34.7 Å². The maximum Gasteiger partial charge on any atom is 0.162 e. The summed E-state index contributed by atoms with van der Waals surface area (Å²) in [6, 6.07) is 7.74. The highest BCUT2D eigenvalue weighted by atomic mass is 127. The fourth-order valence-corrected chi connectivity index (χ4v) is 2.68. The first-order chi connectivity index (χ1) is 9.16. The van der Waals surface area contributed by atoms with Crippen molar-refractivity contribution in [1.82, 2.24) is 14.8 Å². The monoisotopic (exact) mass is 371 g/mol. The number of hydrogen-bond acceptors (Lipinski definition) is 2. The normalized spacial score (nSPS) is 11.1. The van der Waals surface area contributed by atoms with Crippen molar-refractivity contribution in [1.29, 1.82) is 0 Å². The van der Waals surface area contributed by atoms with Crippen LogP contribution in [-0.4, -0.2) is 14.8 Å². The number of rotatable bonds is 2. The number of benzene rings is 1. The van der Waals surface area contributed by atoms with E-state index in [-0.39, 0.29) is 18.2 Å². The standard InChI is InChI=1S/C13H8F2IN3/c14-9-4-2-1-3-8(9)7-19-13-11(12(16)18-19)10(15)5-6-17-13/h1-6H,7H2. The maximum absolute atomic E-state index is 13.7. The quantitative estimate of drug-likeness (QED) is 0.647. The molecule has 2 aromatic heterocycles. The highest BCUT2D eigenvalue weighted by Gasteiger charge is 2.14. The Morgan fingerprint density at radius 1 is 1.11 bits per heavy atom. The van der Waals surface area contributed by atoms with Crippen molar-refractivity contribution < 1.29 is 8.78 Å². The second kappa shape index (κ2) is 4.84. The molecule has 3 aromatic rings. The van der Waals surface area contributed by atoms with Gasteiger partial charge >= 0.3 is 0 Å². The van der Waals surface area contributed by atoms with E-state index in [1.807, 2.05) is 22.6 Å². The van der Waals surface area contributed by atoms with Gasteiger partial charge in [-0.2, -0.15) is 5.10 Å². The lowest BCUT2D eigenvalue weighted by Crippen LogP contribution is -2.04. The van der Waals surface area contributed by atoms with Crippen LogP contribution in [0.15, 0.2) is 36.5 Å². The number of fused-ring (bicyclic) bond motifs is 1. The lowest BCUT2D eigenvalue weighted by Gasteiger charge is -2.04. The molecule has 0 fully saturated rings. The minimum atomic E-state index is -0.366. The number of pyridine rings is 1. The predicted molar refractivity (Wildman–Crippen MR) is 75.7 cm³/mol. The zero-order valence-electron chi connectivity index (χ0n) is 9.65. The Hall–Kier alpha value is -1.57. The van der Waals surface area contributed by atoms with E-state index in [4.69, 9.17) is 0 Å². The largest absolute Gasteiger partial charge is 0.242 e. The van der Waals surface area contributed by atoms with Crippen LogP contribution in [0.5, 0.6) is 0 Å². The van der Waals surface area contributed by atoms with E-state index in [0.717, 1.165) is 0 Å². The first-order valence-corrected chi connectivity index (χ1v) is 6.64. The minimum Gasteiger partial charge on any atom is -0.242 e. The van der Waals surface area contributed by atoms with Gasteiger partial charge in [0.05, 0.1) is 11.9 Å². The van der Waals surface area contributed by atoms with Crippen LogP contribution in [0.3, 0.4) is 0 Å². The van der Waals surface area contributed by atoms with Crippen LogP contribution in [0.1, 0.15) is 5.56 Å². The van der Waals surface area contributed by atoms with Crippen molar-refractivity contribution in [2.24, 2.45) is 0 Å². The molecular weight excluding hydrogens is 363 g/mol. The van der Waals surface area contributed by atoms with Gasteiger partial charge in [-0.25, -0.2) is 18.4 Å². The molecule has 2 heterocycles. The van der Waals surface area contributed by atoms with Gasteiger partial charge in [0, 0.05) is 11.8 Å². The summed E-state index contributed by atoms with van der Waals surface area (Å²) in [5, 5.41) is 4.60. The predicted octanol–water partition coefficient (Wildman–Crippen LogP) is 3.36. The molecule has 0 saturated heterocycles. The van der Waals surface area contributed by atoms with Crippen molar-refractivity contribution in [3.05, 3.63) is 57.4 Å². The summed E-state index contributed by atoms with van der Waals surface area (Å²) in [7, 11) is 0. The van der Waals surface area contributed by atoms with E-state index in [1.165, 1.54) is 23.0 Å². The zero-order chi connectivity index (χ0) is 13.4. The van der Waals surface area contributed by atoms with E-state index in [2.05, 4.69) is 10.1 Å². The van der Waals surface area contributed by atoms with Crippen LogP contribution in [-0.2, 0) is 6.54 Å². The van der Waals surface area contributed by atoms with Gasteiger partial charge in [0.2, 0.25) is 0 Å². The molecular formula is C13H8F2IN3. The molecule has 0 spiro atoms. The smallest absolute Gasteiger partial charge is 0.162 e. The average molecular weight is 371 g/mol. The lowest BCUT2D eigenvalue weighted by atomic mass is 10.2. The molecule has 0 aliphatic rings. The fourth-order valence-electron chi connectivity index (χ4n) is 1.92. The van der Waals surface area contributed by atoms with E-state index in [9.17, 15) is 8.78 Å². The molecule has 0 bridgehead atoms. The Morgan fingerprint density at radius 3 is 2.68 bits per heavy atom. The third-order valence-electron chi connectivity index (χ3n) is 2.82. The van der Waals surface area contributed by atoms with Crippen molar-refractivity contribution in [2.75, 3.05) is 0 Å². The van der Waals surface area contributed by atoms with Gasteiger partial charge in [0.25, 0.3) is 0 Å². The average Bonchev–Trinajstić information content (AvgIpc) is 2.71. The van der Waals surface area contributed by atoms with E-state index in [1.54, 1.807) is 18.2 Å². The molecule has 0 unspecified atom stereocenters. The first kappa shape index (κ1) is 12.5. The highest BCUT2D eigenvalue weighted by molar-refractivity contribution is 14.1. The van der Waals surface area contributed by atoms with Gasteiger partial charge in [-0.1, -0.05) is 18.2 Å². The Morgan fingerprint density at radius 2 is 1.89 bits per heavy atom. The summed E-state index contributed by atoms with van der Waals surface area (Å²) in [5.74, 6) is -0.674. The topological polar surface area (TPSA) is 30.7 Å². The maximum atomic E-state index is 13.7. The van der Waals surface area contributed by atoms with Crippen LogP contribution >= 0.6 is 22.6 Å². The van der Waals surface area contributed by atoms with Crippen molar-refractivity contribution in [3.8, 4) is 0 Å². The molecule has 0 aliphatic heterocycles. The fraction of sp³-hybridized carbons (Fsp3) is 0.0769. The van der Waals surface area contributed by atoms with Crippen LogP contribution in [0.25, 0.3) is 11.0 Å². The van der Waals surface area contributed by atoms with Crippen molar-refractivity contribution >= 4 is 33.6 Å². The molecule has 0 atom stereocenters. The van der Waals surface area contributed by atoms with Crippen LogP contribution in [0, 0.1) is 15.3 Å². The molecule has 6 heteroatoms. The zero-order valence-corrected chi connectivity index (χ0v) is 11.8. The second-order valence-electron chi connectivity index (χ2n) is 4.03. The van der Waals surface area contributed by atoms with E-state index >= 15 is 0 Å². The van der Waals surface area contributed by atoms with Gasteiger partial charge in [-0.3, -0.25) is 0 Å². The van der Waals surface area contributed by atoms with E-state index < -0.39 is 0 Å². The van der Waals surface area contributed by atoms with Gasteiger partial charge < -0.3 is 0 Å². The molecule has 0 N–H and O–H groups in total. The molecule has 96 valence electrons. The summed E-state index contributed by atoms with van der Waals surface area (Å²) in [6.07, 6.45) is 1.38. The highest BCUT2D eigenvalue weighted by Crippen LogP contribution is 2.22. The lowest BCUT2D eigenvalue weighted by molar-refractivity contribution is 0.588. The molecule has 0 saturated carbocycles. The SMILES string of the molecule is Fc1ccccc1Cn1nc(I)c2c(F)ccnc21. The summed E-state index contributed by atoms with van der Waals surface area (Å²) in [5.41, 5.74) is 0.919. The summed E-state index contributed by atoms with van der Waals surface area (Å²) >= 11 is 1.95. The first-order valence-electron chi connectivity index (χ1n) is 5.57. The van der Waals surface area contributed by atoms with E-state index in [0.29, 0.717) is 20.3 Å². The number of halogens is 3. The van der Waals surface area contributed by atoms with Crippen molar-refractivity contribution in [2.45, 2.75) is 6.54 Å². The molecule has 1 aromatic carbocycles. The summed E-state index contributed by atoms with van der Waals surface area (Å²) < 4.78 is 29.4. The molecule has 0 amide bonds. The molecule has 0 aliphatic carbocycles. The number of aromatic nitrogens is 3. The third kappa shape index (κ3) is 2.20. The van der Waals surface area contributed by atoms with Crippen molar-refractivity contribution in [3.63, 3.8) is 0 Å². The van der Waals surface area contributed by atoms with Crippen LogP contribution < -0.4 is 0 Å². The molecule has 3 nitrogen and oxygen atoms in total. The Labute approximate surface area is 121 Å². The summed E-state index contributed by atoms with van der Waals surface area (Å²) in [6.45, 7) is 0.225. The van der Waals surface area contributed by atoms with Crippen LogP contribution in [0.4, 0.5) is 8.78 Å². The minimum absolute atomic E-state index is 0.225. The third-order valence-corrected chi connectivity index (χ3v) is 3.57.